The second-order valence-corrected chi connectivity index (χ2v) is 8.04. The van der Waals surface area contributed by atoms with E-state index < -0.39 is 0 Å². The van der Waals surface area contributed by atoms with Crippen molar-refractivity contribution in [2.75, 3.05) is 13.1 Å². The first kappa shape index (κ1) is 13.8. The van der Waals surface area contributed by atoms with Crippen molar-refractivity contribution in [3.05, 3.63) is 21.4 Å². The number of likely N-dealkylation sites (tertiary alicyclic amines) is 1. The number of nitrogens with one attached hydrogen (secondary N) is 1. The smallest absolute Gasteiger partial charge is 0.255 e. The van der Waals surface area contributed by atoms with Crippen LogP contribution >= 0.6 is 11.3 Å². The van der Waals surface area contributed by atoms with Crippen molar-refractivity contribution in [3.8, 4) is 0 Å². The summed E-state index contributed by atoms with van der Waals surface area (Å²) in [6, 6.07) is 1.17. The minimum absolute atomic E-state index is 0.288. The van der Waals surface area contributed by atoms with Crippen LogP contribution in [0.1, 0.15) is 53.4 Å². The van der Waals surface area contributed by atoms with Crippen LogP contribution in [0.2, 0.25) is 0 Å². The topological polar surface area (TPSA) is 32.3 Å². The summed E-state index contributed by atoms with van der Waals surface area (Å²) in [5, 5.41) is 5.79. The van der Waals surface area contributed by atoms with E-state index >= 15 is 0 Å². The van der Waals surface area contributed by atoms with Crippen LogP contribution in [0.15, 0.2) is 5.38 Å². The van der Waals surface area contributed by atoms with Gasteiger partial charge in [-0.15, -0.1) is 11.3 Å². The molecule has 1 amide bonds. The van der Waals surface area contributed by atoms with E-state index in [1.54, 1.807) is 11.3 Å². The van der Waals surface area contributed by atoms with E-state index in [0.29, 0.717) is 12.1 Å². The minimum Gasteiger partial charge on any atom is -0.337 e. The Kier molecular flexibility index (Phi) is 3.54. The fraction of sp³-hybridized carbons (Fsp3) is 0.706. The number of amides is 1. The third kappa shape index (κ3) is 2.53. The molecule has 3 heterocycles. The molecule has 4 heteroatoms. The molecule has 2 fully saturated rings. The maximum absolute atomic E-state index is 12.9. The molecule has 4 rings (SSSR count). The van der Waals surface area contributed by atoms with Gasteiger partial charge in [-0.05, 0) is 50.0 Å². The fourth-order valence-corrected chi connectivity index (χ4v) is 5.39. The van der Waals surface area contributed by atoms with Gasteiger partial charge in [0.2, 0.25) is 0 Å². The summed E-state index contributed by atoms with van der Waals surface area (Å²) in [6.45, 7) is 4.14. The molecule has 21 heavy (non-hydrogen) atoms. The van der Waals surface area contributed by atoms with E-state index in [1.165, 1.54) is 36.1 Å². The van der Waals surface area contributed by atoms with E-state index in [4.69, 9.17) is 0 Å². The van der Waals surface area contributed by atoms with Crippen LogP contribution in [0.5, 0.6) is 0 Å². The molecule has 0 radical (unpaired) electrons. The van der Waals surface area contributed by atoms with Gasteiger partial charge in [-0.25, -0.2) is 0 Å². The maximum Gasteiger partial charge on any atom is 0.255 e. The molecule has 0 spiro atoms. The van der Waals surface area contributed by atoms with Gasteiger partial charge in [0.05, 0.1) is 5.56 Å². The van der Waals surface area contributed by atoms with Crippen molar-refractivity contribution >= 4 is 17.2 Å². The molecule has 0 aromatic carbocycles. The van der Waals surface area contributed by atoms with Gasteiger partial charge < -0.3 is 10.2 Å². The normalized spacial score (nSPS) is 31.9. The molecule has 1 N–H and O–H groups in total. The van der Waals surface area contributed by atoms with E-state index in [1.807, 2.05) is 0 Å². The average Bonchev–Trinajstić information content (AvgIpc) is 3.01. The van der Waals surface area contributed by atoms with Gasteiger partial charge in [-0.1, -0.05) is 6.92 Å². The summed E-state index contributed by atoms with van der Waals surface area (Å²) in [4.78, 5) is 16.5. The number of hydrogen-bond acceptors (Lipinski definition) is 3. The average molecular weight is 304 g/mol. The van der Waals surface area contributed by atoms with Crippen LogP contribution < -0.4 is 5.32 Å². The number of nitrogens with zero attached hydrogens (tertiary/aromatic N) is 1. The van der Waals surface area contributed by atoms with Crippen molar-refractivity contribution in [1.29, 1.82) is 0 Å². The summed E-state index contributed by atoms with van der Waals surface area (Å²) < 4.78 is 0. The number of hydrogen-bond donors (Lipinski definition) is 1. The molecule has 1 aromatic heterocycles. The lowest BCUT2D eigenvalue weighted by Crippen LogP contribution is -2.39. The second kappa shape index (κ2) is 5.40. The van der Waals surface area contributed by atoms with E-state index in [-0.39, 0.29) is 5.91 Å². The van der Waals surface area contributed by atoms with Crippen molar-refractivity contribution < 1.29 is 4.79 Å². The molecule has 3 aliphatic rings. The number of rotatable bonds is 1. The van der Waals surface area contributed by atoms with Crippen LogP contribution in [0, 0.1) is 5.92 Å². The van der Waals surface area contributed by atoms with Gasteiger partial charge in [0.15, 0.2) is 0 Å². The molecule has 2 bridgehead atoms. The highest BCUT2D eigenvalue weighted by atomic mass is 32.1. The number of carbonyl (C=O) groups excluding carboxylic acids is 1. The quantitative estimate of drug-likeness (QED) is 0.865. The van der Waals surface area contributed by atoms with Crippen LogP contribution in [0.4, 0.5) is 0 Å². The van der Waals surface area contributed by atoms with E-state index in [0.717, 1.165) is 37.4 Å². The van der Waals surface area contributed by atoms with Crippen molar-refractivity contribution in [2.45, 2.75) is 57.5 Å². The van der Waals surface area contributed by atoms with Crippen LogP contribution in [0.3, 0.4) is 0 Å². The highest BCUT2D eigenvalue weighted by Gasteiger charge is 2.33. The first-order valence-electron chi connectivity index (χ1n) is 8.35. The lowest BCUT2D eigenvalue weighted by Gasteiger charge is -2.25. The predicted octanol–water partition coefficient (Wildman–Crippen LogP) is 2.84. The fourth-order valence-electron chi connectivity index (χ4n) is 4.15. The molecular formula is C17H24N2OS. The number of fused-ring (bicyclic) bond motifs is 3. The molecule has 2 aliphatic heterocycles. The summed E-state index contributed by atoms with van der Waals surface area (Å²) in [7, 11) is 0. The number of carbonyl (C=O) groups is 1. The van der Waals surface area contributed by atoms with Gasteiger partial charge in [-0.3, -0.25) is 4.79 Å². The summed E-state index contributed by atoms with van der Waals surface area (Å²) >= 11 is 1.81. The largest absolute Gasteiger partial charge is 0.337 e. The van der Waals surface area contributed by atoms with E-state index in [2.05, 4.69) is 22.5 Å². The summed E-state index contributed by atoms with van der Waals surface area (Å²) in [5.74, 6) is 1.06. The maximum atomic E-state index is 12.9. The highest BCUT2D eigenvalue weighted by molar-refractivity contribution is 7.10. The SMILES string of the molecule is CC1CCc2c(C(=O)N3CCC4CCC(C3)N4)csc2C1. The standard InChI is InChI=1S/C17H24N2OS/c1-11-2-5-14-15(10-21-16(14)8-11)17(20)19-7-6-12-3-4-13(9-19)18-12/h10-13,18H,2-9H2,1H3. The molecule has 3 atom stereocenters. The van der Waals surface area contributed by atoms with Gasteiger partial charge in [0.1, 0.15) is 0 Å². The van der Waals surface area contributed by atoms with Crippen molar-refractivity contribution in [2.24, 2.45) is 5.92 Å². The predicted molar refractivity (Wildman–Crippen MR) is 86.0 cm³/mol. The Labute approximate surface area is 130 Å². The zero-order chi connectivity index (χ0) is 14.4. The van der Waals surface area contributed by atoms with Crippen LogP contribution in [0.25, 0.3) is 0 Å². The molecule has 3 nitrogen and oxygen atoms in total. The Morgan fingerprint density at radius 1 is 1.29 bits per heavy atom. The minimum atomic E-state index is 0.288. The Morgan fingerprint density at radius 3 is 3.05 bits per heavy atom. The second-order valence-electron chi connectivity index (χ2n) is 7.08. The molecule has 1 aliphatic carbocycles. The van der Waals surface area contributed by atoms with Gasteiger partial charge in [0, 0.05) is 35.4 Å². The molecular weight excluding hydrogens is 280 g/mol. The van der Waals surface area contributed by atoms with Crippen LogP contribution in [-0.4, -0.2) is 36.0 Å². The lowest BCUT2D eigenvalue weighted by atomic mass is 9.88. The summed E-state index contributed by atoms with van der Waals surface area (Å²) in [6.07, 6.45) is 7.13. The monoisotopic (exact) mass is 304 g/mol. The Balaban J connectivity index is 1.55. The first-order valence-corrected chi connectivity index (χ1v) is 9.23. The van der Waals surface area contributed by atoms with Crippen LogP contribution in [-0.2, 0) is 12.8 Å². The summed E-state index contributed by atoms with van der Waals surface area (Å²) in [5.41, 5.74) is 2.38. The Bertz CT molecular complexity index is 553. The lowest BCUT2D eigenvalue weighted by molar-refractivity contribution is 0.0747. The van der Waals surface area contributed by atoms with Crippen molar-refractivity contribution in [3.63, 3.8) is 0 Å². The Hall–Kier alpha value is -0.870. The number of thiophene rings is 1. The van der Waals surface area contributed by atoms with Gasteiger partial charge >= 0.3 is 0 Å². The third-order valence-corrected chi connectivity index (χ3v) is 6.49. The molecule has 0 saturated carbocycles. The first-order chi connectivity index (χ1) is 10.2. The molecule has 2 saturated heterocycles. The molecule has 114 valence electrons. The zero-order valence-electron chi connectivity index (χ0n) is 12.7. The third-order valence-electron chi connectivity index (χ3n) is 5.44. The molecule has 1 aromatic rings. The van der Waals surface area contributed by atoms with Gasteiger partial charge in [-0.2, -0.15) is 0 Å². The van der Waals surface area contributed by atoms with Crippen molar-refractivity contribution in [1.82, 2.24) is 10.2 Å². The van der Waals surface area contributed by atoms with Gasteiger partial charge in [0.25, 0.3) is 5.91 Å². The highest BCUT2D eigenvalue weighted by Crippen LogP contribution is 2.34. The molecule has 3 unspecified atom stereocenters. The Morgan fingerprint density at radius 2 is 2.14 bits per heavy atom. The zero-order valence-corrected chi connectivity index (χ0v) is 13.5. The van der Waals surface area contributed by atoms with E-state index in [9.17, 15) is 4.79 Å².